The van der Waals surface area contributed by atoms with Crippen LogP contribution >= 0.6 is 0 Å². The molecule has 0 saturated carbocycles. The monoisotopic (exact) mass is 1420 g/mol. The zero-order valence-electron chi connectivity index (χ0n) is 61.4. The van der Waals surface area contributed by atoms with Gasteiger partial charge >= 0.3 is 5.97 Å². The molecular formula is C76H142N2O21. The number of unbranched alkanes of at least 4 members (excludes halogenated alkanes) is 42. The zero-order valence-corrected chi connectivity index (χ0v) is 61.4. The van der Waals surface area contributed by atoms with E-state index in [1.165, 1.54) is 225 Å². The predicted molar refractivity (Wildman–Crippen MR) is 380 cm³/mol. The fraction of sp³-hybridized carbons (Fsp3) is 0.934. The van der Waals surface area contributed by atoms with Crippen LogP contribution in [-0.2, 0) is 42.8 Å². The van der Waals surface area contributed by atoms with Gasteiger partial charge in [0.2, 0.25) is 11.8 Å². The molecule has 3 saturated heterocycles. The van der Waals surface area contributed by atoms with Crippen molar-refractivity contribution in [2.45, 2.75) is 426 Å². The maximum absolute atomic E-state index is 13.5. The Hall–Kier alpha value is -2.53. The van der Waals surface area contributed by atoms with Crippen molar-refractivity contribution in [2.75, 3.05) is 26.4 Å². The van der Waals surface area contributed by atoms with Crippen molar-refractivity contribution in [3.05, 3.63) is 12.2 Å². The van der Waals surface area contributed by atoms with Gasteiger partial charge in [0.05, 0.1) is 50.7 Å². The Bertz CT molecular complexity index is 2030. The molecule has 23 heteroatoms. The Morgan fingerprint density at radius 1 is 0.525 bits per heavy atom. The number of carbonyl (C=O) groups excluding carboxylic acids is 2. The first kappa shape index (κ1) is 90.7. The number of aliphatic hydroxyl groups is 11. The number of allylic oxidation sites excluding steroid dienone is 1. The highest BCUT2D eigenvalue weighted by atomic mass is 16.8. The maximum atomic E-state index is 13.5. The second-order valence-corrected chi connectivity index (χ2v) is 28.9. The van der Waals surface area contributed by atoms with Crippen LogP contribution in [0.3, 0.4) is 0 Å². The van der Waals surface area contributed by atoms with E-state index in [0.29, 0.717) is 12.8 Å². The average Bonchev–Trinajstić information content (AvgIpc) is 0.757. The van der Waals surface area contributed by atoms with Crippen LogP contribution in [-0.4, -0.2) is 215 Å². The van der Waals surface area contributed by atoms with Crippen LogP contribution in [0, 0.1) is 0 Å². The van der Waals surface area contributed by atoms with Gasteiger partial charge in [0.25, 0.3) is 5.79 Å². The Balaban J connectivity index is 1.54. The van der Waals surface area contributed by atoms with Gasteiger partial charge in [0.15, 0.2) is 12.6 Å². The quantitative estimate of drug-likeness (QED) is 0.0199. The second kappa shape index (κ2) is 55.9. The van der Waals surface area contributed by atoms with Gasteiger partial charge in [-0.2, -0.15) is 0 Å². The number of amides is 2. The van der Waals surface area contributed by atoms with Crippen molar-refractivity contribution in [3.8, 4) is 0 Å². The number of hydrogen-bond donors (Lipinski definition) is 14. The molecule has 0 aromatic rings. The third kappa shape index (κ3) is 36.8. The van der Waals surface area contributed by atoms with E-state index in [1.807, 2.05) is 6.08 Å². The van der Waals surface area contributed by atoms with Gasteiger partial charge in [-0.1, -0.05) is 289 Å². The zero-order chi connectivity index (χ0) is 72.5. The molecule has 0 bridgehead atoms. The molecule has 0 aliphatic carbocycles. The van der Waals surface area contributed by atoms with Crippen LogP contribution in [0.2, 0.25) is 0 Å². The summed E-state index contributed by atoms with van der Waals surface area (Å²) in [5.41, 5.74) is 0. The van der Waals surface area contributed by atoms with E-state index in [9.17, 15) is 75.7 Å². The number of aliphatic hydroxyl groups excluding tert-OH is 11. The van der Waals surface area contributed by atoms with Crippen molar-refractivity contribution < 1.29 is 104 Å². The lowest BCUT2D eigenvalue weighted by Crippen LogP contribution is -2.70. The molecule has 18 atom stereocenters. The first-order valence-corrected chi connectivity index (χ1v) is 39.6. The van der Waals surface area contributed by atoms with Gasteiger partial charge in [-0.25, -0.2) is 4.79 Å². The minimum Gasteiger partial charge on any atom is -0.477 e. The standard InChI is InChI=1S/C76H142N2O21/c1-4-6-8-10-12-14-16-18-20-22-24-26-27-28-29-30-31-33-35-37-39-41-43-45-47-49-58(83)57(78-63(86)50-48-46-44-42-40-38-36-34-32-25-23-21-19-17-15-13-11-9-7-5-2)55-94-73-68(90)67(89)70(62(54-81)96-73)97-74-69(91)72(66(88)61(53-80)95-74)99-76(75(92)93)51-59(84)64(77-56(3)82)71(98-76)65(87)60(85)52-79/h47,49,57-62,64-74,79-81,83-85,87-91H,4-46,48,50-55H2,1-3H3,(H,77,82)(H,78,86)(H,92,93)/b49-47+. The molecule has 3 heterocycles. The lowest BCUT2D eigenvalue weighted by molar-refractivity contribution is -0.386. The molecule has 99 heavy (non-hydrogen) atoms. The van der Waals surface area contributed by atoms with Gasteiger partial charge in [-0.3, -0.25) is 9.59 Å². The normalized spacial score (nSPS) is 27.1. The molecule has 0 aromatic carbocycles. The van der Waals surface area contributed by atoms with E-state index in [1.54, 1.807) is 6.08 Å². The molecule has 582 valence electrons. The summed E-state index contributed by atoms with van der Waals surface area (Å²) in [5.74, 6) is -6.13. The highest BCUT2D eigenvalue weighted by Crippen LogP contribution is 2.39. The largest absolute Gasteiger partial charge is 0.477 e. The molecule has 18 unspecified atom stereocenters. The Labute approximate surface area is 594 Å². The highest BCUT2D eigenvalue weighted by molar-refractivity contribution is 5.77. The first-order chi connectivity index (χ1) is 47.9. The maximum Gasteiger partial charge on any atom is 0.364 e. The summed E-state index contributed by atoms with van der Waals surface area (Å²) >= 11 is 0. The second-order valence-electron chi connectivity index (χ2n) is 28.9. The number of aliphatic carboxylic acids is 1. The van der Waals surface area contributed by atoms with Crippen LogP contribution in [0.5, 0.6) is 0 Å². The number of carbonyl (C=O) groups is 3. The van der Waals surface area contributed by atoms with Crippen LogP contribution in [0.4, 0.5) is 0 Å². The topological polar surface area (TPSA) is 373 Å². The van der Waals surface area contributed by atoms with Crippen molar-refractivity contribution in [1.82, 2.24) is 10.6 Å². The lowest BCUT2D eigenvalue weighted by Gasteiger charge is -2.50. The fourth-order valence-electron chi connectivity index (χ4n) is 13.9. The van der Waals surface area contributed by atoms with Gasteiger partial charge in [0, 0.05) is 19.8 Å². The summed E-state index contributed by atoms with van der Waals surface area (Å²) < 4.78 is 34.9. The summed E-state index contributed by atoms with van der Waals surface area (Å²) in [4.78, 5) is 38.7. The van der Waals surface area contributed by atoms with E-state index < -0.39 is 155 Å². The summed E-state index contributed by atoms with van der Waals surface area (Å²) in [6, 6.07) is -2.62. The molecule has 3 aliphatic heterocycles. The van der Waals surface area contributed by atoms with Crippen LogP contribution in [0.15, 0.2) is 12.2 Å². The molecule has 3 fully saturated rings. The summed E-state index contributed by atoms with van der Waals surface area (Å²) in [7, 11) is 0. The minimum absolute atomic E-state index is 0.206. The Kier molecular flexibility index (Phi) is 51.2. The Morgan fingerprint density at radius 3 is 1.34 bits per heavy atom. The van der Waals surface area contributed by atoms with Crippen molar-refractivity contribution in [3.63, 3.8) is 0 Å². The molecular weight excluding hydrogens is 1280 g/mol. The van der Waals surface area contributed by atoms with Gasteiger partial charge in [-0.15, -0.1) is 0 Å². The molecule has 2 amide bonds. The molecule has 3 rings (SSSR count). The van der Waals surface area contributed by atoms with E-state index in [4.69, 9.17) is 28.4 Å². The number of ether oxygens (including phenoxy) is 6. The van der Waals surface area contributed by atoms with E-state index in [2.05, 4.69) is 24.5 Å². The van der Waals surface area contributed by atoms with Crippen molar-refractivity contribution >= 4 is 17.8 Å². The van der Waals surface area contributed by atoms with Crippen molar-refractivity contribution in [2.24, 2.45) is 0 Å². The predicted octanol–water partition coefficient (Wildman–Crippen LogP) is 9.80. The number of hydrogen-bond acceptors (Lipinski definition) is 20. The van der Waals surface area contributed by atoms with Crippen molar-refractivity contribution in [1.29, 1.82) is 0 Å². The molecule has 23 nitrogen and oxygen atoms in total. The third-order valence-corrected chi connectivity index (χ3v) is 20.2. The Morgan fingerprint density at radius 2 is 0.939 bits per heavy atom. The summed E-state index contributed by atoms with van der Waals surface area (Å²) in [6.07, 6.45) is 29.6. The van der Waals surface area contributed by atoms with E-state index >= 15 is 0 Å². The van der Waals surface area contributed by atoms with E-state index in [-0.39, 0.29) is 12.3 Å². The summed E-state index contributed by atoms with van der Waals surface area (Å²) in [5, 5.41) is 136. The number of rotatable bonds is 62. The van der Waals surface area contributed by atoms with Crippen LogP contribution in [0.25, 0.3) is 0 Å². The number of nitrogens with one attached hydrogen (secondary N) is 2. The molecule has 0 aromatic heterocycles. The smallest absolute Gasteiger partial charge is 0.364 e. The summed E-state index contributed by atoms with van der Waals surface area (Å²) in [6.45, 7) is 2.19. The van der Waals surface area contributed by atoms with Crippen LogP contribution < -0.4 is 10.6 Å². The molecule has 0 spiro atoms. The first-order valence-electron chi connectivity index (χ1n) is 39.6. The SMILES string of the molecule is CCCCCCCCCCCCCCCCCCCCCCCCC/C=C/C(O)C(COC1OC(CO)C(OC2OC(CO)C(O)C(OC3(C(=O)O)CC(O)C(NC(C)=O)C(C(O)C(O)CO)O3)C2O)C(O)C1O)NC(=O)CCCCCCCCCCCCCCCCCCCCCC. The molecule has 3 aliphatic rings. The van der Waals surface area contributed by atoms with Gasteiger partial charge in [-0.05, 0) is 19.3 Å². The van der Waals surface area contributed by atoms with Gasteiger partial charge < -0.3 is 100 Å². The van der Waals surface area contributed by atoms with E-state index in [0.717, 1.165) is 51.9 Å². The third-order valence-electron chi connectivity index (χ3n) is 20.2. The minimum atomic E-state index is -3.08. The average molecular weight is 1420 g/mol. The number of carboxylic acids is 1. The molecule has 14 N–H and O–H groups in total. The van der Waals surface area contributed by atoms with Crippen LogP contribution in [0.1, 0.15) is 316 Å². The fourth-order valence-corrected chi connectivity index (χ4v) is 13.9. The lowest BCUT2D eigenvalue weighted by atomic mass is 9.88. The number of carboxylic acid groups (broad SMARTS) is 1. The molecule has 0 radical (unpaired) electrons. The van der Waals surface area contributed by atoms with Gasteiger partial charge in [0.1, 0.15) is 67.1 Å². The highest BCUT2D eigenvalue weighted by Gasteiger charge is 2.60.